The monoisotopic (exact) mass is 410 g/mol. The second kappa shape index (κ2) is 6.77. The van der Waals surface area contributed by atoms with Crippen LogP contribution in [0, 0.1) is 5.92 Å². The molecule has 7 nitrogen and oxygen atoms in total. The molecule has 1 aliphatic rings. The Bertz CT molecular complexity index is 1350. The van der Waals surface area contributed by atoms with Crippen molar-refractivity contribution >= 4 is 28.4 Å². The predicted molar refractivity (Wildman–Crippen MR) is 111 cm³/mol. The molecule has 29 heavy (non-hydrogen) atoms. The van der Waals surface area contributed by atoms with Gasteiger partial charge in [0.05, 0.1) is 13.7 Å². The summed E-state index contributed by atoms with van der Waals surface area (Å²) in [6, 6.07) is 10.8. The van der Waals surface area contributed by atoms with Crippen molar-refractivity contribution in [3.05, 3.63) is 74.0 Å². The third-order valence-electron chi connectivity index (χ3n) is 5.37. The molecule has 4 aromatic rings. The lowest BCUT2D eigenvalue weighted by Crippen LogP contribution is -2.41. The van der Waals surface area contributed by atoms with Crippen molar-refractivity contribution < 1.29 is 4.74 Å². The molecule has 0 spiro atoms. The third-order valence-corrected chi connectivity index (χ3v) is 5.62. The molecule has 0 radical (unpaired) electrons. The molecule has 148 valence electrons. The maximum absolute atomic E-state index is 13.3. The maximum Gasteiger partial charge on any atom is 0.333 e. The molecule has 1 fully saturated rings. The first kappa shape index (κ1) is 18.0. The summed E-state index contributed by atoms with van der Waals surface area (Å²) >= 11 is 5.99. The van der Waals surface area contributed by atoms with Crippen molar-refractivity contribution in [1.29, 1.82) is 0 Å². The van der Waals surface area contributed by atoms with Gasteiger partial charge < -0.3 is 4.74 Å². The predicted octanol–water partition coefficient (Wildman–Crippen LogP) is 2.93. The van der Waals surface area contributed by atoms with Crippen molar-refractivity contribution in [3.63, 3.8) is 0 Å². The van der Waals surface area contributed by atoms with Crippen LogP contribution in [0.4, 0.5) is 0 Å². The fourth-order valence-corrected chi connectivity index (χ4v) is 3.74. The first-order chi connectivity index (χ1) is 14.0. The first-order valence-electron chi connectivity index (χ1n) is 9.49. The fourth-order valence-electron chi connectivity index (χ4n) is 3.61. The van der Waals surface area contributed by atoms with Gasteiger partial charge in [-0.1, -0.05) is 23.7 Å². The molecule has 5 rings (SSSR count). The second-order valence-electron chi connectivity index (χ2n) is 7.43. The Kier molecular flexibility index (Phi) is 4.20. The van der Waals surface area contributed by atoms with Gasteiger partial charge in [0.15, 0.2) is 11.2 Å². The molecule has 0 unspecified atom stereocenters. The average molecular weight is 411 g/mol. The Balaban J connectivity index is 1.79. The second-order valence-corrected chi connectivity index (χ2v) is 7.87. The van der Waals surface area contributed by atoms with Crippen LogP contribution in [-0.2, 0) is 13.1 Å². The zero-order chi connectivity index (χ0) is 20.1. The van der Waals surface area contributed by atoms with Gasteiger partial charge in [-0.3, -0.25) is 18.3 Å². The van der Waals surface area contributed by atoms with Crippen LogP contribution in [0.2, 0.25) is 5.02 Å². The Morgan fingerprint density at radius 3 is 2.59 bits per heavy atom. The van der Waals surface area contributed by atoms with Gasteiger partial charge in [0.25, 0.3) is 5.56 Å². The van der Waals surface area contributed by atoms with E-state index in [1.54, 1.807) is 46.5 Å². The molecule has 0 N–H and O–H groups in total. The maximum atomic E-state index is 13.3. The van der Waals surface area contributed by atoms with Gasteiger partial charge in [0, 0.05) is 23.8 Å². The van der Waals surface area contributed by atoms with Gasteiger partial charge in [-0.05, 0) is 42.5 Å². The number of ether oxygens (including phenoxy) is 1. The van der Waals surface area contributed by atoms with Gasteiger partial charge in [0.2, 0.25) is 0 Å². The zero-order valence-corrected chi connectivity index (χ0v) is 16.6. The highest BCUT2D eigenvalue weighted by Gasteiger charge is 2.26. The standard InChI is InChI=1S/C21H19ClN4O3/c1-29-16-8-9-24-17(10-16)23-19-18(24)20(27)26(12-13-2-3-13)21(28)25(19)11-14-4-6-15(22)7-5-14/h4-10,13H,2-3,11-12H2,1H3. The van der Waals surface area contributed by atoms with Crippen molar-refractivity contribution in [2.24, 2.45) is 5.92 Å². The van der Waals surface area contributed by atoms with Crippen molar-refractivity contribution in [3.8, 4) is 5.75 Å². The molecule has 0 bridgehead atoms. The Morgan fingerprint density at radius 2 is 1.90 bits per heavy atom. The quantitative estimate of drug-likeness (QED) is 0.507. The van der Waals surface area contributed by atoms with E-state index in [1.165, 1.54) is 4.57 Å². The van der Waals surface area contributed by atoms with E-state index in [2.05, 4.69) is 4.98 Å². The highest BCUT2D eigenvalue weighted by Crippen LogP contribution is 2.30. The van der Waals surface area contributed by atoms with E-state index in [-0.39, 0.29) is 11.2 Å². The summed E-state index contributed by atoms with van der Waals surface area (Å²) in [5, 5.41) is 0.629. The van der Waals surface area contributed by atoms with Gasteiger partial charge in [-0.15, -0.1) is 0 Å². The van der Waals surface area contributed by atoms with Crippen LogP contribution >= 0.6 is 11.6 Å². The summed E-state index contributed by atoms with van der Waals surface area (Å²) in [6.45, 7) is 0.746. The van der Waals surface area contributed by atoms with Crippen LogP contribution in [0.15, 0.2) is 52.2 Å². The van der Waals surface area contributed by atoms with Crippen LogP contribution < -0.4 is 16.0 Å². The summed E-state index contributed by atoms with van der Waals surface area (Å²) in [7, 11) is 1.58. The topological polar surface area (TPSA) is 70.5 Å². The minimum Gasteiger partial charge on any atom is -0.497 e. The lowest BCUT2D eigenvalue weighted by Gasteiger charge is -2.11. The van der Waals surface area contributed by atoms with Crippen LogP contribution in [0.3, 0.4) is 0 Å². The number of hydrogen-bond donors (Lipinski definition) is 0. The van der Waals surface area contributed by atoms with E-state index in [0.717, 1.165) is 18.4 Å². The normalized spacial score (nSPS) is 14.0. The number of nitrogens with zero attached hydrogens (tertiary/aromatic N) is 4. The highest BCUT2D eigenvalue weighted by atomic mass is 35.5. The van der Waals surface area contributed by atoms with Crippen molar-refractivity contribution in [2.75, 3.05) is 7.11 Å². The molecule has 0 atom stereocenters. The van der Waals surface area contributed by atoms with E-state index >= 15 is 0 Å². The van der Waals surface area contributed by atoms with E-state index in [4.69, 9.17) is 16.3 Å². The molecule has 3 heterocycles. The number of benzene rings is 1. The fraction of sp³-hybridized carbons (Fsp3) is 0.286. The summed E-state index contributed by atoms with van der Waals surface area (Å²) in [4.78, 5) is 31.1. The first-order valence-corrected chi connectivity index (χ1v) is 9.87. The van der Waals surface area contributed by atoms with Crippen molar-refractivity contribution in [1.82, 2.24) is 18.5 Å². The highest BCUT2D eigenvalue weighted by molar-refractivity contribution is 6.30. The molecule has 0 aliphatic heterocycles. The van der Waals surface area contributed by atoms with Crippen LogP contribution in [-0.4, -0.2) is 25.6 Å². The van der Waals surface area contributed by atoms with Crippen LogP contribution in [0.1, 0.15) is 18.4 Å². The largest absolute Gasteiger partial charge is 0.497 e. The number of methoxy groups -OCH3 is 1. The Hall–Kier alpha value is -3.06. The van der Waals surface area contributed by atoms with Crippen LogP contribution in [0.25, 0.3) is 16.8 Å². The number of pyridine rings is 1. The smallest absolute Gasteiger partial charge is 0.333 e. The lowest BCUT2D eigenvalue weighted by molar-refractivity contribution is 0.414. The van der Waals surface area contributed by atoms with E-state index < -0.39 is 0 Å². The summed E-state index contributed by atoms with van der Waals surface area (Å²) in [5.41, 5.74) is 1.60. The number of rotatable bonds is 5. The summed E-state index contributed by atoms with van der Waals surface area (Å²) in [6.07, 6.45) is 3.85. The van der Waals surface area contributed by atoms with E-state index in [0.29, 0.717) is 46.6 Å². The van der Waals surface area contributed by atoms with Gasteiger partial charge >= 0.3 is 5.69 Å². The Labute approximate surface area is 170 Å². The number of halogens is 1. The molecule has 1 aromatic carbocycles. The van der Waals surface area contributed by atoms with Gasteiger partial charge in [-0.25, -0.2) is 9.78 Å². The zero-order valence-electron chi connectivity index (χ0n) is 15.8. The van der Waals surface area contributed by atoms with Crippen LogP contribution in [0.5, 0.6) is 5.75 Å². The average Bonchev–Trinajstić information content (AvgIpc) is 3.47. The van der Waals surface area contributed by atoms with E-state index in [1.807, 2.05) is 12.1 Å². The van der Waals surface area contributed by atoms with E-state index in [9.17, 15) is 9.59 Å². The molecule has 3 aromatic heterocycles. The molecule has 0 amide bonds. The SMILES string of the molecule is COc1ccn2c(c1)nc1c2c(=O)n(CC2CC2)c(=O)n1Cc1ccc(Cl)cc1. The van der Waals surface area contributed by atoms with Crippen molar-refractivity contribution in [2.45, 2.75) is 25.9 Å². The minimum absolute atomic E-state index is 0.304. The molecule has 1 saturated carbocycles. The van der Waals surface area contributed by atoms with Gasteiger partial charge in [-0.2, -0.15) is 0 Å². The lowest BCUT2D eigenvalue weighted by atomic mass is 10.2. The molecular weight excluding hydrogens is 392 g/mol. The minimum atomic E-state index is -0.334. The summed E-state index contributed by atoms with van der Waals surface area (Å²) in [5.74, 6) is 1.03. The molecule has 1 aliphatic carbocycles. The number of imidazole rings is 1. The van der Waals surface area contributed by atoms with Gasteiger partial charge in [0.1, 0.15) is 11.4 Å². The molecule has 8 heteroatoms. The number of hydrogen-bond acceptors (Lipinski definition) is 4. The number of aromatic nitrogens is 4. The molecule has 0 saturated heterocycles. The number of fused-ring (bicyclic) bond motifs is 3. The molecular formula is C21H19ClN4O3. The Morgan fingerprint density at radius 1 is 1.14 bits per heavy atom. The summed E-state index contributed by atoms with van der Waals surface area (Å²) < 4.78 is 9.93. The third kappa shape index (κ3) is 3.11.